The number of methoxy groups -OCH3 is 1. The summed E-state index contributed by atoms with van der Waals surface area (Å²) < 4.78 is 11.0. The van der Waals surface area contributed by atoms with Gasteiger partial charge in [0.15, 0.2) is 5.96 Å². The molecule has 0 bridgehead atoms. The van der Waals surface area contributed by atoms with Gasteiger partial charge in [-0.2, -0.15) is 0 Å². The summed E-state index contributed by atoms with van der Waals surface area (Å²) in [5.74, 6) is 1.71. The second-order valence-corrected chi connectivity index (χ2v) is 8.35. The fraction of sp³-hybridized carbons (Fsp3) is 0.524. The van der Waals surface area contributed by atoms with E-state index in [1.54, 1.807) is 18.4 Å². The summed E-state index contributed by atoms with van der Waals surface area (Å²) in [6.07, 6.45) is 3.87. The Morgan fingerprint density at radius 3 is 2.55 bits per heavy atom. The molecule has 1 aliphatic heterocycles. The molecule has 6 nitrogen and oxygen atoms in total. The van der Waals surface area contributed by atoms with Crippen molar-refractivity contribution in [3.63, 3.8) is 0 Å². The average molecular weight is 530 g/mol. The number of ether oxygens (including phenoxy) is 2. The number of halogens is 1. The van der Waals surface area contributed by atoms with Gasteiger partial charge in [0.1, 0.15) is 10.8 Å². The van der Waals surface area contributed by atoms with E-state index in [2.05, 4.69) is 41.6 Å². The van der Waals surface area contributed by atoms with Crippen LogP contribution in [0.25, 0.3) is 0 Å². The molecule has 160 valence electrons. The zero-order valence-electron chi connectivity index (χ0n) is 17.4. The number of aromatic nitrogens is 1. The minimum Gasteiger partial charge on any atom is -0.497 e. The molecule has 29 heavy (non-hydrogen) atoms. The molecule has 0 unspecified atom stereocenters. The largest absolute Gasteiger partial charge is 0.497 e. The first-order valence-electron chi connectivity index (χ1n) is 9.81. The highest BCUT2D eigenvalue weighted by Crippen LogP contribution is 2.35. The van der Waals surface area contributed by atoms with Crippen LogP contribution in [-0.4, -0.2) is 44.4 Å². The van der Waals surface area contributed by atoms with Gasteiger partial charge in [-0.05, 0) is 44.4 Å². The van der Waals surface area contributed by atoms with E-state index in [9.17, 15) is 0 Å². The standard InChI is InChI=1S/C21H30N4O2S.HI/c1-4-22-20(24-14-19-23-13-16(2)28-19)25-15-21(9-11-27-12-10-21)17-5-7-18(26-3)8-6-17;/h5-8,13H,4,9-12,14-15H2,1-3H3,(H2,22,24,25);1H. The molecule has 8 heteroatoms. The number of hydrogen-bond donors (Lipinski definition) is 2. The number of guanidine groups is 1. The minimum atomic E-state index is 0. The molecule has 3 rings (SSSR count). The Hall–Kier alpha value is -1.39. The Morgan fingerprint density at radius 1 is 1.24 bits per heavy atom. The molecule has 0 radical (unpaired) electrons. The van der Waals surface area contributed by atoms with Gasteiger partial charge in [-0.3, -0.25) is 0 Å². The fourth-order valence-corrected chi connectivity index (χ4v) is 4.20. The number of nitrogens with zero attached hydrogens (tertiary/aromatic N) is 2. The van der Waals surface area contributed by atoms with E-state index in [1.807, 2.05) is 18.3 Å². The number of rotatable bonds is 7. The molecule has 0 atom stereocenters. The van der Waals surface area contributed by atoms with Crippen molar-refractivity contribution >= 4 is 41.3 Å². The van der Waals surface area contributed by atoms with Gasteiger partial charge in [-0.25, -0.2) is 9.98 Å². The van der Waals surface area contributed by atoms with Crippen molar-refractivity contribution < 1.29 is 9.47 Å². The number of aryl methyl sites for hydroxylation is 1. The highest BCUT2D eigenvalue weighted by atomic mass is 127. The molecule has 1 saturated heterocycles. The summed E-state index contributed by atoms with van der Waals surface area (Å²) >= 11 is 1.69. The van der Waals surface area contributed by atoms with E-state index >= 15 is 0 Å². The van der Waals surface area contributed by atoms with E-state index in [0.29, 0.717) is 6.54 Å². The van der Waals surface area contributed by atoms with Crippen molar-refractivity contribution in [1.82, 2.24) is 15.6 Å². The molecule has 2 N–H and O–H groups in total. The van der Waals surface area contributed by atoms with Crippen LogP contribution in [0, 0.1) is 6.92 Å². The van der Waals surface area contributed by atoms with E-state index in [-0.39, 0.29) is 29.4 Å². The molecule has 0 amide bonds. The van der Waals surface area contributed by atoms with Gasteiger partial charge >= 0.3 is 0 Å². The van der Waals surface area contributed by atoms with Crippen molar-refractivity contribution in [2.45, 2.75) is 38.6 Å². The van der Waals surface area contributed by atoms with Gasteiger partial charge in [0.2, 0.25) is 0 Å². The maximum absolute atomic E-state index is 5.65. The maximum Gasteiger partial charge on any atom is 0.191 e. The average Bonchev–Trinajstić information content (AvgIpc) is 3.16. The van der Waals surface area contributed by atoms with Crippen LogP contribution < -0.4 is 15.4 Å². The summed E-state index contributed by atoms with van der Waals surface area (Å²) in [7, 11) is 1.70. The van der Waals surface area contributed by atoms with Gasteiger partial charge in [-0.1, -0.05) is 12.1 Å². The second-order valence-electron chi connectivity index (χ2n) is 7.03. The third-order valence-corrected chi connectivity index (χ3v) is 6.03. The van der Waals surface area contributed by atoms with Crippen LogP contribution in [0.1, 0.15) is 35.2 Å². The Labute approximate surface area is 194 Å². The lowest BCUT2D eigenvalue weighted by Gasteiger charge is -2.38. The topological polar surface area (TPSA) is 67.8 Å². The molecule has 0 saturated carbocycles. The van der Waals surface area contributed by atoms with E-state index in [1.165, 1.54) is 10.4 Å². The molecule has 1 aliphatic rings. The molecule has 1 aromatic heterocycles. The minimum absolute atomic E-state index is 0. The van der Waals surface area contributed by atoms with Gasteiger partial charge < -0.3 is 20.1 Å². The van der Waals surface area contributed by atoms with E-state index in [0.717, 1.165) is 55.9 Å². The van der Waals surface area contributed by atoms with Crippen molar-refractivity contribution in [2.24, 2.45) is 4.99 Å². The smallest absolute Gasteiger partial charge is 0.191 e. The Balaban J connectivity index is 0.00000300. The Morgan fingerprint density at radius 2 is 1.97 bits per heavy atom. The molecule has 2 aromatic rings. The highest BCUT2D eigenvalue weighted by Gasteiger charge is 2.34. The summed E-state index contributed by atoms with van der Waals surface area (Å²) in [5, 5.41) is 7.95. The van der Waals surface area contributed by atoms with Crippen LogP contribution >= 0.6 is 35.3 Å². The van der Waals surface area contributed by atoms with Crippen molar-refractivity contribution in [1.29, 1.82) is 0 Å². The lowest BCUT2D eigenvalue weighted by Crippen LogP contribution is -2.48. The number of thiazole rings is 1. The highest BCUT2D eigenvalue weighted by molar-refractivity contribution is 14.0. The predicted molar refractivity (Wildman–Crippen MR) is 130 cm³/mol. The lowest BCUT2D eigenvalue weighted by atomic mass is 9.74. The predicted octanol–water partition coefficient (Wildman–Crippen LogP) is 3.88. The van der Waals surface area contributed by atoms with Crippen LogP contribution in [-0.2, 0) is 16.7 Å². The normalized spacial score (nSPS) is 16.0. The Bertz CT molecular complexity index is 773. The second kappa shape index (κ2) is 11.7. The van der Waals surface area contributed by atoms with Crippen LogP contribution in [0.15, 0.2) is 35.5 Å². The summed E-state index contributed by atoms with van der Waals surface area (Å²) in [5.41, 5.74) is 1.34. The molecule has 0 aliphatic carbocycles. The number of nitrogens with one attached hydrogen (secondary N) is 2. The van der Waals surface area contributed by atoms with E-state index in [4.69, 9.17) is 14.5 Å². The van der Waals surface area contributed by atoms with Crippen LogP contribution in [0.4, 0.5) is 0 Å². The van der Waals surface area contributed by atoms with Gasteiger partial charge in [-0.15, -0.1) is 35.3 Å². The summed E-state index contributed by atoms with van der Waals surface area (Å²) in [4.78, 5) is 10.3. The van der Waals surface area contributed by atoms with Crippen molar-refractivity contribution in [3.8, 4) is 5.75 Å². The Kier molecular flexibility index (Phi) is 9.64. The lowest BCUT2D eigenvalue weighted by molar-refractivity contribution is 0.0513. The third kappa shape index (κ3) is 6.55. The van der Waals surface area contributed by atoms with Crippen molar-refractivity contribution in [2.75, 3.05) is 33.4 Å². The van der Waals surface area contributed by atoms with Crippen LogP contribution in [0.2, 0.25) is 0 Å². The number of aliphatic imine (C=N–C) groups is 1. The zero-order chi connectivity index (χ0) is 19.8. The SMILES string of the molecule is CCNC(=NCc1ncc(C)s1)NCC1(c2ccc(OC)cc2)CCOCC1.I. The quantitative estimate of drug-likeness (QED) is 0.323. The third-order valence-electron chi connectivity index (χ3n) is 5.13. The first kappa shape index (κ1) is 23.9. The zero-order valence-corrected chi connectivity index (χ0v) is 20.5. The number of benzene rings is 1. The fourth-order valence-electron chi connectivity index (χ4n) is 3.49. The van der Waals surface area contributed by atoms with Gasteiger partial charge in [0, 0.05) is 42.8 Å². The van der Waals surface area contributed by atoms with Gasteiger partial charge in [0.25, 0.3) is 0 Å². The maximum atomic E-state index is 5.65. The van der Waals surface area contributed by atoms with E-state index < -0.39 is 0 Å². The summed E-state index contributed by atoms with van der Waals surface area (Å²) in [6, 6.07) is 8.43. The molecular formula is C21H31IN4O2S. The molecule has 1 fully saturated rings. The van der Waals surface area contributed by atoms with Crippen LogP contribution in [0.3, 0.4) is 0 Å². The molecule has 2 heterocycles. The first-order chi connectivity index (χ1) is 13.6. The number of hydrogen-bond acceptors (Lipinski definition) is 5. The summed E-state index contributed by atoms with van der Waals surface area (Å²) in [6.45, 7) is 7.93. The van der Waals surface area contributed by atoms with Crippen molar-refractivity contribution in [3.05, 3.63) is 45.9 Å². The first-order valence-corrected chi connectivity index (χ1v) is 10.6. The van der Waals surface area contributed by atoms with Gasteiger partial charge in [0.05, 0.1) is 13.7 Å². The van der Waals surface area contributed by atoms with Crippen LogP contribution in [0.5, 0.6) is 5.75 Å². The molecular weight excluding hydrogens is 499 g/mol. The monoisotopic (exact) mass is 530 g/mol. The molecule has 1 aromatic carbocycles. The molecule has 0 spiro atoms.